The van der Waals surface area contributed by atoms with E-state index >= 15 is 0 Å². The molecule has 4 unspecified atom stereocenters. The van der Waals surface area contributed by atoms with Crippen LogP contribution in [-0.2, 0) is 9.53 Å². The van der Waals surface area contributed by atoms with Crippen LogP contribution in [0.2, 0.25) is 0 Å². The molecule has 0 radical (unpaired) electrons. The predicted octanol–water partition coefficient (Wildman–Crippen LogP) is 1.69. The second-order valence-electron chi connectivity index (χ2n) is 6.70. The third-order valence-electron chi connectivity index (χ3n) is 4.84. The molecule has 4 heteroatoms. The van der Waals surface area contributed by atoms with Crippen molar-refractivity contribution in [1.29, 1.82) is 0 Å². The van der Waals surface area contributed by atoms with Crippen molar-refractivity contribution in [3.8, 4) is 0 Å². The zero-order valence-corrected chi connectivity index (χ0v) is 12.7. The molecule has 0 aromatic carbocycles. The van der Waals surface area contributed by atoms with Crippen LogP contribution in [0.25, 0.3) is 0 Å². The Morgan fingerprint density at radius 3 is 2.74 bits per heavy atom. The Hall–Kier alpha value is -0.610. The van der Waals surface area contributed by atoms with Gasteiger partial charge in [0.05, 0.1) is 12.1 Å². The van der Waals surface area contributed by atoms with Crippen molar-refractivity contribution in [2.45, 2.75) is 65.1 Å². The first-order valence-corrected chi connectivity index (χ1v) is 7.60. The van der Waals surface area contributed by atoms with Gasteiger partial charge in [-0.05, 0) is 38.6 Å². The van der Waals surface area contributed by atoms with Gasteiger partial charge in [-0.15, -0.1) is 0 Å². The van der Waals surface area contributed by atoms with Gasteiger partial charge in [0.1, 0.15) is 0 Å². The number of ether oxygens (including phenoxy) is 1. The van der Waals surface area contributed by atoms with Gasteiger partial charge >= 0.3 is 0 Å². The number of carbonyl (C=O) groups is 1. The van der Waals surface area contributed by atoms with E-state index in [2.05, 4.69) is 31.4 Å². The Labute approximate surface area is 116 Å². The molecule has 2 aliphatic rings. The summed E-state index contributed by atoms with van der Waals surface area (Å²) >= 11 is 0. The SMILES string of the molecule is CCOC1CC(NC(=O)C2CC(C)CCN2)C1(C)C. The summed E-state index contributed by atoms with van der Waals surface area (Å²) in [5, 5.41) is 6.53. The van der Waals surface area contributed by atoms with Crippen molar-refractivity contribution in [2.24, 2.45) is 11.3 Å². The van der Waals surface area contributed by atoms with Crippen LogP contribution in [-0.4, -0.2) is 37.2 Å². The molecule has 1 heterocycles. The van der Waals surface area contributed by atoms with Crippen molar-refractivity contribution >= 4 is 5.91 Å². The van der Waals surface area contributed by atoms with Crippen LogP contribution < -0.4 is 10.6 Å². The van der Waals surface area contributed by atoms with Gasteiger partial charge in [-0.25, -0.2) is 0 Å². The highest BCUT2D eigenvalue weighted by Gasteiger charge is 2.49. The fourth-order valence-corrected chi connectivity index (χ4v) is 3.19. The Morgan fingerprint density at radius 2 is 2.16 bits per heavy atom. The van der Waals surface area contributed by atoms with Crippen molar-refractivity contribution in [3.63, 3.8) is 0 Å². The van der Waals surface area contributed by atoms with Gasteiger partial charge in [0.25, 0.3) is 0 Å². The molecule has 1 saturated heterocycles. The second kappa shape index (κ2) is 5.80. The maximum atomic E-state index is 12.3. The number of hydrogen-bond donors (Lipinski definition) is 2. The zero-order valence-electron chi connectivity index (χ0n) is 12.7. The van der Waals surface area contributed by atoms with Gasteiger partial charge in [0, 0.05) is 18.1 Å². The van der Waals surface area contributed by atoms with Crippen molar-refractivity contribution in [2.75, 3.05) is 13.2 Å². The van der Waals surface area contributed by atoms with E-state index in [1.165, 1.54) is 6.42 Å². The van der Waals surface area contributed by atoms with Gasteiger partial charge in [-0.3, -0.25) is 4.79 Å². The molecular weight excluding hydrogens is 240 g/mol. The van der Waals surface area contributed by atoms with Gasteiger partial charge in [-0.2, -0.15) is 0 Å². The number of hydrogen-bond acceptors (Lipinski definition) is 3. The Bertz CT molecular complexity index is 330. The molecule has 1 amide bonds. The first-order chi connectivity index (χ1) is 8.95. The van der Waals surface area contributed by atoms with Crippen molar-refractivity contribution in [3.05, 3.63) is 0 Å². The highest BCUT2D eigenvalue weighted by Crippen LogP contribution is 2.42. The number of carbonyl (C=O) groups excluding carboxylic acids is 1. The van der Waals surface area contributed by atoms with E-state index in [1.807, 2.05) is 6.92 Å². The van der Waals surface area contributed by atoms with Gasteiger partial charge in [0.15, 0.2) is 0 Å². The van der Waals surface area contributed by atoms with Crippen LogP contribution in [0.1, 0.15) is 47.0 Å². The molecule has 1 aliphatic heterocycles. The van der Waals surface area contributed by atoms with Crippen LogP contribution in [0.15, 0.2) is 0 Å². The number of amides is 1. The molecule has 1 aliphatic carbocycles. The van der Waals surface area contributed by atoms with E-state index < -0.39 is 0 Å². The maximum absolute atomic E-state index is 12.3. The fraction of sp³-hybridized carbons (Fsp3) is 0.933. The molecule has 0 aromatic heterocycles. The third-order valence-corrected chi connectivity index (χ3v) is 4.84. The molecule has 19 heavy (non-hydrogen) atoms. The average Bonchev–Trinajstić information content (AvgIpc) is 2.37. The largest absolute Gasteiger partial charge is 0.378 e. The number of rotatable bonds is 4. The average molecular weight is 268 g/mol. The van der Waals surface area contributed by atoms with E-state index in [4.69, 9.17) is 4.74 Å². The second-order valence-corrected chi connectivity index (χ2v) is 6.70. The topological polar surface area (TPSA) is 50.4 Å². The maximum Gasteiger partial charge on any atom is 0.237 e. The Balaban J connectivity index is 1.83. The van der Waals surface area contributed by atoms with E-state index in [0.29, 0.717) is 5.92 Å². The molecule has 0 spiro atoms. The molecular formula is C15H28N2O2. The molecule has 110 valence electrons. The molecule has 4 nitrogen and oxygen atoms in total. The summed E-state index contributed by atoms with van der Waals surface area (Å²) < 4.78 is 5.70. The van der Waals surface area contributed by atoms with Crippen LogP contribution in [0.4, 0.5) is 0 Å². The first-order valence-electron chi connectivity index (χ1n) is 7.60. The highest BCUT2D eigenvalue weighted by atomic mass is 16.5. The summed E-state index contributed by atoms with van der Waals surface area (Å²) in [5.74, 6) is 0.808. The van der Waals surface area contributed by atoms with E-state index in [1.54, 1.807) is 0 Å². The third kappa shape index (κ3) is 3.11. The van der Waals surface area contributed by atoms with Crippen molar-refractivity contribution < 1.29 is 9.53 Å². The minimum atomic E-state index is -0.00862. The first kappa shape index (κ1) is 14.8. The molecule has 1 saturated carbocycles. The van der Waals surface area contributed by atoms with E-state index in [0.717, 1.165) is 26.0 Å². The van der Waals surface area contributed by atoms with Crippen LogP contribution in [0.3, 0.4) is 0 Å². The summed E-state index contributed by atoms with van der Waals surface area (Å²) in [6, 6.07) is 0.237. The fourth-order valence-electron chi connectivity index (χ4n) is 3.19. The summed E-state index contributed by atoms with van der Waals surface area (Å²) in [7, 11) is 0. The summed E-state index contributed by atoms with van der Waals surface area (Å²) in [6.45, 7) is 10.3. The quantitative estimate of drug-likeness (QED) is 0.816. The highest BCUT2D eigenvalue weighted by molar-refractivity contribution is 5.82. The lowest BCUT2D eigenvalue weighted by atomic mass is 9.64. The summed E-state index contributed by atoms with van der Waals surface area (Å²) in [6.07, 6.45) is 3.34. The van der Waals surface area contributed by atoms with Crippen LogP contribution in [0.5, 0.6) is 0 Å². The monoisotopic (exact) mass is 268 g/mol. The lowest BCUT2D eigenvalue weighted by Crippen LogP contribution is -2.64. The van der Waals surface area contributed by atoms with Crippen LogP contribution >= 0.6 is 0 Å². The summed E-state index contributed by atoms with van der Waals surface area (Å²) in [5.41, 5.74) is 0.0476. The minimum absolute atomic E-state index is 0.00862. The molecule has 4 atom stereocenters. The van der Waals surface area contributed by atoms with E-state index in [-0.39, 0.29) is 29.5 Å². The molecule has 2 fully saturated rings. The van der Waals surface area contributed by atoms with Crippen molar-refractivity contribution in [1.82, 2.24) is 10.6 Å². The molecule has 0 aromatic rings. The molecule has 0 bridgehead atoms. The number of nitrogens with one attached hydrogen (secondary N) is 2. The number of piperidine rings is 1. The smallest absolute Gasteiger partial charge is 0.237 e. The zero-order chi connectivity index (χ0) is 14.0. The Kier molecular flexibility index (Phi) is 4.51. The predicted molar refractivity (Wildman–Crippen MR) is 75.9 cm³/mol. The van der Waals surface area contributed by atoms with Gasteiger partial charge in [-0.1, -0.05) is 20.8 Å². The minimum Gasteiger partial charge on any atom is -0.378 e. The summed E-state index contributed by atoms with van der Waals surface area (Å²) in [4.78, 5) is 12.3. The van der Waals surface area contributed by atoms with Gasteiger partial charge < -0.3 is 15.4 Å². The lowest BCUT2D eigenvalue weighted by molar-refractivity contribution is -0.138. The standard InChI is InChI=1S/C15H28N2O2/c1-5-19-13-9-12(15(13,3)4)17-14(18)11-8-10(2)6-7-16-11/h10-13,16H,5-9H2,1-4H3,(H,17,18). The normalized spacial score (nSPS) is 37.5. The Morgan fingerprint density at radius 1 is 1.42 bits per heavy atom. The van der Waals surface area contributed by atoms with E-state index in [9.17, 15) is 4.79 Å². The molecule has 2 N–H and O–H groups in total. The van der Waals surface area contributed by atoms with Crippen LogP contribution in [0, 0.1) is 11.3 Å². The molecule has 2 rings (SSSR count). The lowest BCUT2D eigenvalue weighted by Gasteiger charge is -2.52. The van der Waals surface area contributed by atoms with Gasteiger partial charge in [0.2, 0.25) is 5.91 Å².